The lowest BCUT2D eigenvalue weighted by Crippen LogP contribution is -2.54. The molecule has 1 rings (SSSR count). The number of para-hydroxylation sites is 1. The Balaban J connectivity index is 3.43. The molecule has 34 heavy (non-hydrogen) atoms. The molecule has 11 heteroatoms. The molecule has 0 aromatic heterocycles. The summed E-state index contributed by atoms with van der Waals surface area (Å²) in [6.07, 6.45) is -1.28. The van der Waals surface area contributed by atoms with E-state index in [0.717, 1.165) is 4.90 Å². The lowest BCUT2D eigenvalue weighted by molar-refractivity contribution is -0.143. The van der Waals surface area contributed by atoms with Crippen LogP contribution in [0.1, 0.15) is 59.1 Å². The topological polar surface area (TPSA) is 171 Å². The van der Waals surface area contributed by atoms with E-state index in [9.17, 15) is 29.4 Å². The molecule has 0 heterocycles. The maximum Gasteiger partial charge on any atom is 0.408 e. The molecule has 0 aliphatic rings. The molecule has 6 N–H and O–H groups in total. The molecular weight excluding hydrogens is 444 g/mol. The molecule has 190 valence electrons. The van der Waals surface area contributed by atoms with Gasteiger partial charge in [-0.2, -0.15) is 0 Å². The van der Waals surface area contributed by atoms with Gasteiger partial charge in [0.15, 0.2) is 0 Å². The fourth-order valence-electron chi connectivity index (χ4n) is 3.20. The standard InChI is InChI=1S/C23H36N4O7/c1-14(2)25-20(31)19(15-8-6-7-9-17(15)29)27(12-13-28)21(32)16(10-11-18(24)30)26-22(33)34-23(3,4)5/h6-9,14,16,19,28-29H,10-13H2,1-5H3,(H2,24,30)(H,25,31)(H,26,33). The summed E-state index contributed by atoms with van der Waals surface area (Å²) in [6, 6.07) is 3.13. The van der Waals surface area contributed by atoms with E-state index in [4.69, 9.17) is 10.5 Å². The van der Waals surface area contributed by atoms with E-state index in [2.05, 4.69) is 10.6 Å². The number of nitrogens with zero attached hydrogens (tertiary/aromatic N) is 1. The van der Waals surface area contributed by atoms with Crippen LogP contribution >= 0.6 is 0 Å². The highest BCUT2D eigenvalue weighted by Gasteiger charge is 2.37. The molecule has 0 saturated carbocycles. The van der Waals surface area contributed by atoms with Gasteiger partial charge < -0.3 is 36.2 Å². The molecule has 0 spiro atoms. The summed E-state index contributed by atoms with van der Waals surface area (Å²) in [6.45, 7) is 7.63. The first-order valence-corrected chi connectivity index (χ1v) is 11.0. The largest absolute Gasteiger partial charge is 0.508 e. The van der Waals surface area contributed by atoms with Gasteiger partial charge in [0.1, 0.15) is 23.4 Å². The van der Waals surface area contributed by atoms with Crippen molar-refractivity contribution in [2.75, 3.05) is 13.2 Å². The number of nitrogens with one attached hydrogen (secondary N) is 2. The Morgan fingerprint density at radius 1 is 1.12 bits per heavy atom. The number of hydrogen-bond donors (Lipinski definition) is 5. The van der Waals surface area contributed by atoms with Gasteiger partial charge in [-0.05, 0) is 47.1 Å². The molecule has 0 radical (unpaired) electrons. The maximum absolute atomic E-state index is 13.6. The number of aromatic hydroxyl groups is 1. The smallest absolute Gasteiger partial charge is 0.408 e. The summed E-state index contributed by atoms with van der Waals surface area (Å²) in [5, 5.41) is 25.2. The maximum atomic E-state index is 13.6. The summed E-state index contributed by atoms with van der Waals surface area (Å²) in [5.41, 5.74) is 4.52. The van der Waals surface area contributed by atoms with Crippen LogP contribution in [0.2, 0.25) is 0 Å². The highest BCUT2D eigenvalue weighted by atomic mass is 16.6. The molecule has 0 aliphatic heterocycles. The molecule has 11 nitrogen and oxygen atoms in total. The van der Waals surface area contributed by atoms with Gasteiger partial charge in [-0.15, -0.1) is 0 Å². The van der Waals surface area contributed by atoms with Gasteiger partial charge in [-0.1, -0.05) is 18.2 Å². The molecule has 0 aliphatic carbocycles. The lowest BCUT2D eigenvalue weighted by atomic mass is 10.0. The minimum atomic E-state index is -1.32. The van der Waals surface area contributed by atoms with Crippen LogP contribution in [-0.4, -0.2) is 69.8 Å². The van der Waals surface area contributed by atoms with Crippen LogP contribution in [-0.2, 0) is 19.1 Å². The van der Waals surface area contributed by atoms with Crippen LogP contribution in [0.15, 0.2) is 24.3 Å². The average molecular weight is 481 g/mol. The Bertz CT molecular complexity index is 867. The Hall–Kier alpha value is -3.34. The molecule has 0 saturated heterocycles. The Kier molecular flexibility index (Phi) is 10.8. The minimum Gasteiger partial charge on any atom is -0.508 e. The number of alkyl carbamates (subject to hydrolysis) is 1. The fourth-order valence-corrected chi connectivity index (χ4v) is 3.20. The van der Waals surface area contributed by atoms with Gasteiger partial charge in [0.25, 0.3) is 0 Å². The Labute approximate surface area is 199 Å². The van der Waals surface area contributed by atoms with E-state index < -0.39 is 48.1 Å². The zero-order chi connectivity index (χ0) is 26.1. The highest BCUT2D eigenvalue weighted by Crippen LogP contribution is 2.30. The molecule has 2 unspecified atom stereocenters. The molecule has 0 fully saturated rings. The zero-order valence-corrected chi connectivity index (χ0v) is 20.3. The quantitative estimate of drug-likeness (QED) is 0.313. The van der Waals surface area contributed by atoms with E-state index in [0.29, 0.717) is 0 Å². The van der Waals surface area contributed by atoms with Crippen molar-refractivity contribution in [1.29, 1.82) is 0 Å². The average Bonchev–Trinajstić information content (AvgIpc) is 2.69. The highest BCUT2D eigenvalue weighted by molar-refractivity contribution is 5.93. The number of carbonyl (C=O) groups excluding carboxylic acids is 4. The molecule has 0 bridgehead atoms. The number of benzene rings is 1. The van der Waals surface area contributed by atoms with E-state index in [1.165, 1.54) is 12.1 Å². The molecule has 4 amide bonds. The summed E-state index contributed by atoms with van der Waals surface area (Å²) in [4.78, 5) is 51.6. The number of amides is 4. The number of carbonyl (C=O) groups is 4. The van der Waals surface area contributed by atoms with Crippen molar-refractivity contribution < 1.29 is 34.1 Å². The number of aliphatic hydroxyl groups is 1. The zero-order valence-electron chi connectivity index (χ0n) is 20.3. The number of aliphatic hydroxyl groups excluding tert-OH is 1. The van der Waals surface area contributed by atoms with Crippen molar-refractivity contribution in [2.24, 2.45) is 5.73 Å². The van der Waals surface area contributed by atoms with Crippen molar-refractivity contribution >= 4 is 23.8 Å². The first-order chi connectivity index (χ1) is 15.8. The molecule has 1 aromatic rings. The number of phenols is 1. The van der Waals surface area contributed by atoms with Crippen molar-refractivity contribution in [1.82, 2.24) is 15.5 Å². The summed E-state index contributed by atoms with van der Waals surface area (Å²) in [5.74, 6) is -2.26. The predicted molar refractivity (Wildman–Crippen MR) is 125 cm³/mol. The minimum absolute atomic E-state index is 0.133. The fraction of sp³-hybridized carbons (Fsp3) is 0.565. The molecular formula is C23H36N4O7. The molecule has 2 atom stereocenters. The third kappa shape index (κ3) is 9.26. The normalized spacial score (nSPS) is 13.0. The van der Waals surface area contributed by atoms with E-state index in [1.54, 1.807) is 46.8 Å². The van der Waals surface area contributed by atoms with E-state index in [1.807, 2.05) is 0 Å². The first-order valence-electron chi connectivity index (χ1n) is 11.0. The second-order valence-electron chi connectivity index (χ2n) is 9.08. The predicted octanol–water partition coefficient (Wildman–Crippen LogP) is 0.938. The van der Waals surface area contributed by atoms with Crippen molar-refractivity contribution in [3.63, 3.8) is 0 Å². The van der Waals surface area contributed by atoms with Crippen LogP contribution in [0.3, 0.4) is 0 Å². The van der Waals surface area contributed by atoms with E-state index in [-0.39, 0.29) is 36.7 Å². The number of rotatable bonds is 11. The summed E-state index contributed by atoms with van der Waals surface area (Å²) in [7, 11) is 0. The van der Waals surface area contributed by atoms with Crippen LogP contribution in [0, 0.1) is 0 Å². The number of nitrogens with two attached hydrogens (primary N) is 1. The van der Waals surface area contributed by atoms with Crippen LogP contribution in [0.5, 0.6) is 5.75 Å². The third-order valence-corrected chi connectivity index (χ3v) is 4.51. The van der Waals surface area contributed by atoms with Crippen LogP contribution in [0.25, 0.3) is 0 Å². The van der Waals surface area contributed by atoms with Crippen LogP contribution in [0.4, 0.5) is 4.79 Å². The van der Waals surface area contributed by atoms with Gasteiger partial charge in [0, 0.05) is 24.6 Å². The monoisotopic (exact) mass is 480 g/mol. The number of hydrogen-bond acceptors (Lipinski definition) is 7. The Morgan fingerprint density at radius 2 is 1.74 bits per heavy atom. The summed E-state index contributed by atoms with van der Waals surface area (Å²) < 4.78 is 5.22. The third-order valence-electron chi connectivity index (χ3n) is 4.51. The SMILES string of the molecule is CC(C)NC(=O)C(c1ccccc1O)N(CCO)C(=O)C(CCC(N)=O)NC(=O)OC(C)(C)C. The second-order valence-corrected chi connectivity index (χ2v) is 9.08. The van der Waals surface area contributed by atoms with Gasteiger partial charge in [-0.3, -0.25) is 14.4 Å². The first kappa shape index (κ1) is 28.7. The number of ether oxygens (including phenoxy) is 1. The van der Waals surface area contributed by atoms with E-state index >= 15 is 0 Å². The van der Waals surface area contributed by atoms with Crippen molar-refractivity contribution in [3.8, 4) is 5.75 Å². The van der Waals surface area contributed by atoms with Crippen molar-refractivity contribution in [2.45, 2.75) is 71.2 Å². The van der Waals surface area contributed by atoms with Gasteiger partial charge >= 0.3 is 6.09 Å². The van der Waals surface area contributed by atoms with Gasteiger partial charge in [0.05, 0.1) is 6.61 Å². The molecule has 1 aromatic carbocycles. The number of phenolic OH excluding ortho intramolecular Hbond substituents is 1. The van der Waals surface area contributed by atoms with Crippen molar-refractivity contribution in [3.05, 3.63) is 29.8 Å². The van der Waals surface area contributed by atoms with Gasteiger partial charge in [-0.25, -0.2) is 4.79 Å². The number of primary amides is 1. The Morgan fingerprint density at radius 3 is 2.24 bits per heavy atom. The lowest BCUT2D eigenvalue weighted by Gasteiger charge is -2.34. The second kappa shape index (κ2) is 12.8. The van der Waals surface area contributed by atoms with Gasteiger partial charge in [0.2, 0.25) is 17.7 Å². The van der Waals surface area contributed by atoms with Crippen LogP contribution < -0.4 is 16.4 Å². The summed E-state index contributed by atoms with van der Waals surface area (Å²) >= 11 is 0.